The maximum Gasteiger partial charge on any atom is 0.232 e. The summed E-state index contributed by atoms with van der Waals surface area (Å²) in [6.07, 6.45) is 5.39. The van der Waals surface area contributed by atoms with Gasteiger partial charge in [0, 0.05) is 42.7 Å². The Labute approximate surface area is 151 Å². The Bertz CT molecular complexity index is 915. The number of benzene rings is 1. The maximum absolute atomic E-state index is 13.8. The first kappa shape index (κ1) is 17.7. The molecular weight excluding hydrogens is 331 g/mol. The molecule has 0 bridgehead atoms. The second kappa shape index (κ2) is 7.82. The highest BCUT2D eigenvalue weighted by Crippen LogP contribution is 2.31. The first-order valence-electron chi connectivity index (χ1n) is 8.47. The number of halogens is 1. The van der Waals surface area contributed by atoms with E-state index in [-0.39, 0.29) is 11.7 Å². The van der Waals surface area contributed by atoms with Gasteiger partial charge in [0.25, 0.3) is 0 Å². The summed E-state index contributed by atoms with van der Waals surface area (Å²) in [7, 11) is 0. The Balaban J connectivity index is 2.19. The van der Waals surface area contributed by atoms with Gasteiger partial charge in [0.15, 0.2) is 0 Å². The molecule has 6 heteroatoms. The third-order valence-corrected chi connectivity index (χ3v) is 4.03. The van der Waals surface area contributed by atoms with Crippen molar-refractivity contribution < 1.29 is 9.18 Å². The minimum atomic E-state index is -0.347. The largest absolute Gasteiger partial charge is 0.281 e. The highest BCUT2D eigenvalue weighted by Gasteiger charge is 2.18. The van der Waals surface area contributed by atoms with Crippen LogP contribution in [0.25, 0.3) is 22.4 Å². The molecule has 132 valence electrons. The van der Waals surface area contributed by atoms with E-state index < -0.39 is 0 Å². The quantitative estimate of drug-likeness (QED) is 0.695. The van der Waals surface area contributed by atoms with Crippen LogP contribution >= 0.6 is 0 Å². The van der Waals surface area contributed by atoms with Crippen LogP contribution in [0, 0.1) is 5.82 Å². The Kier molecular flexibility index (Phi) is 5.31. The number of rotatable bonds is 5. The van der Waals surface area contributed by atoms with Crippen LogP contribution in [0.15, 0.2) is 55.0 Å². The standard InChI is InChI=1S/C20H19FN4O/c1-3-18(26)25(4-2)20-23-13-17(14-8-10-22-11-9-14)19(24-20)15-6-5-7-16(21)12-15/h5-13H,3-4H2,1-2H3. The van der Waals surface area contributed by atoms with E-state index in [1.807, 2.05) is 19.1 Å². The zero-order valence-electron chi connectivity index (χ0n) is 14.7. The molecule has 0 aliphatic rings. The lowest BCUT2D eigenvalue weighted by Gasteiger charge is -2.20. The maximum atomic E-state index is 13.8. The second-order valence-electron chi connectivity index (χ2n) is 5.67. The Morgan fingerprint density at radius 2 is 1.88 bits per heavy atom. The summed E-state index contributed by atoms with van der Waals surface area (Å²) in [6.45, 7) is 4.13. The molecule has 0 saturated carbocycles. The van der Waals surface area contributed by atoms with Crippen LogP contribution in [0.3, 0.4) is 0 Å². The molecule has 0 fully saturated rings. The molecule has 1 amide bonds. The molecule has 0 aliphatic heterocycles. The van der Waals surface area contributed by atoms with Gasteiger partial charge in [-0.25, -0.2) is 14.4 Å². The van der Waals surface area contributed by atoms with Crippen molar-refractivity contribution >= 4 is 11.9 Å². The molecule has 3 aromatic rings. The Hall–Kier alpha value is -3.15. The normalized spacial score (nSPS) is 10.6. The molecule has 0 unspecified atom stereocenters. The summed E-state index contributed by atoms with van der Waals surface area (Å²) in [6, 6.07) is 9.92. The molecule has 0 N–H and O–H groups in total. The molecular formula is C20H19FN4O. The predicted octanol–water partition coefficient (Wildman–Crippen LogP) is 4.11. The smallest absolute Gasteiger partial charge is 0.232 e. The van der Waals surface area contributed by atoms with E-state index in [2.05, 4.69) is 15.0 Å². The van der Waals surface area contributed by atoms with Gasteiger partial charge in [-0.2, -0.15) is 0 Å². The van der Waals surface area contributed by atoms with Crippen molar-refractivity contribution in [1.29, 1.82) is 0 Å². The molecule has 3 rings (SSSR count). The van der Waals surface area contributed by atoms with Gasteiger partial charge in [-0.15, -0.1) is 0 Å². The SMILES string of the molecule is CCC(=O)N(CC)c1ncc(-c2ccncc2)c(-c2cccc(F)c2)n1. The molecule has 0 aliphatic carbocycles. The first-order valence-corrected chi connectivity index (χ1v) is 8.47. The van der Waals surface area contributed by atoms with E-state index in [0.29, 0.717) is 30.2 Å². The summed E-state index contributed by atoms with van der Waals surface area (Å²) in [5.41, 5.74) is 2.82. The van der Waals surface area contributed by atoms with Crippen LogP contribution < -0.4 is 4.90 Å². The van der Waals surface area contributed by atoms with E-state index >= 15 is 0 Å². The lowest BCUT2D eigenvalue weighted by atomic mass is 10.0. The number of pyridine rings is 1. The molecule has 0 saturated heterocycles. The number of nitrogens with zero attached hydrogens (tertiary/aromatic N) is 4. The van der Waals surface area contributed by atoms with Crippen molar-refractivity contribution in [2.24, 2.45) is 0 Å². The summed E-state index contributed by atoms with van der Waals surface area (Å²) in [5, 5.41) is 0. The fraction of sp³-hybridized carbons (Fsp3) is 0.200. The fourth-order valence-electron chi connectivity index (χ4n) is 2.72. The number of aromatic nitrogens is 3. The molecule has 0 spiro atoms. The summed E-state index contributed by atoms with van der Waals surface area (Å²) >= 11 is 0. The van der Waals surface area contributed by atoms with Gasteiger partial charge in [0.1, 0.15) is 5.82 Å². The van der Waals surface area contributed by atoms with Gasteiger partial charge in [-0.1, -0.05) is 19.1 Å². The van der Waals surface area contributed by atoms with E-state index in [0.717, 1.165) is 11.1 Å². The molecule has 0 atom stereocenters. The first-order chi connectivity index (χ1) is 12.6. The van der Waals surface area contributed by atoms with E-state index in [4.69, 9.17) is 0 Å². The van der Waals surface area contributed by atoms with Gasteiger partial charge in [-0.05, 0) is 36.8 Å². The summed E-state index contributed by atoms with van der Waals surface area (Å²) < 4.78 is 13.8. The minimum absolute atomic E-state index is 0.0608. The van der Waals surface area contributed by atoms with Crippen molar-refractivity contribution in [2.45, 2.75) is 20.3 Å². The molecule has 2 heterocycles. The van der Waals surface area contributed by atoms with Gasteiger partial charge in [0.2, 0.25) is 11.9 Å². The lowest BCUT2D eigenvalue weighted by molar-refractivity contribution is -0.118. The number of anilines is 1. The van der Waals surface area contributed by atoms with E-state index in [1.54, 1.807) is 37.6 Å². The third kappa shape index (κ3) is 3.59. The highest BCUT2D eigenvalue weighted by molar-refractivity contribution is 5.92. The van der Waals surface area contributed by atoms with Crippen LogP contribution in [0.1, 0.15) is 20.3 Å². The average molecular weight is 350 g/mol. The van der Waals surface area contributed by atoms with Gasteiger partial charge >= 0.3 is 0 Å². The number of hydrogen-bond donors (Lipinski definition) is 0. The Morgan fingerprint density at radius 3 is 2.54 bits per heavy atom. The number of carbonyl (C=O) groups excluding carboxylic acids is 1. The van der Waals surface area contributed by atoms with Crippen molar-refractivity contribution in [3.05, 3.63) is 60.8 Å². The van der Waals surface area contributed by atoms with Crippen LogP contribution in [0.2, 0.25) is 0 Å². The van der Waals surface area contributed by atoms with Crippen LogP contribution in [-0.2, 0) is 4.79 Å². The van der Waals surface area contributed by atoms with Crippen LogP contribution in [-0.4, -0.2) is 27.4 Å². The van der Waals surface area contributed by atoms with Gasteiger partial charge in [-0.3, -0.25) is 14.7 Å². The van der Waals surface area contributed by atoms with Crippen LogP contribution in [0.4, 0.5) is 10.3 Å². The van der Waals surface area contributed by atoms with Crippen molar-refractivity contribution in [1.82, 2.24) is 15.0 Å². The molecule has 0 radical (unpaired) electrons. The monoisotopic (exact) mass is 350 g/mol. The second-order valence-corrected chi connectivity index (χ2v) is 5.67. The number of amides is 1. The summed E-state index contributed by atoms with van der Waals surface area (Å²) in [5.74, 6) is -0.0916. The topological polar surface area (TPSA) is 59.0 Å². The zero-order valence-corrected chi connectivity index (χ0v) is 14.7. The number of hydrogen-bond acceptors (Lipinski definition) is 4. The zero-order chi connectivity index (χ0) is 18.5. The van der Waals surface area contributed by atoms with E-state index in [9.17, 15) is 9.18 Å². The molecule has 1 aromatic carbocycles. The minimum Gasteiger partial charge on any atom is -0.281 e. The molecule has 26 heavy (non-hydrogen) atoms. The molecule has 2 aromatic heterocycles. The van der Waals surface area contributed by atoms with Crippen molar-refractivity contribution in [2.75, 3.05) is 11.4 Å². The van der Waals surface area contributed by atoms with E-state index in [1.165, 1.54) is 17.0 Å². The highest BCUT2D eigenvalue weighted by atomic mass is 19.1. The summed E-state index contributed by atoms with van der Waals surface area (Å²) in [4.78, 5) is 26.7. The average Bonchev–Trinajstić information content (AvgIpc) is 2.69. The third-order valence-electron chi connectivity index (χ3n) is 4.03. The van der Waals surface area contributed by atoms with Crippen molar-refractivity contribution in [3.63, 3.8) is 0 Å². The Morgan fingerprint density at radius 1 is 1.12 bits per heavy atom. The number of carbonyl (C=O) groups is 1. The molecule has 5 nitrogen and oxygen atoms in total. The van der Waals surface area contributed by atoms with Crippen LogP contribution in [0.5, 0.6) is 0 Å². The fourth-order valence-corrected chi connectivity index (χ4v) is 2.72. The lowest BCUT2D eigenvalue weighted by Crippen LogP contribution is -2.31. The predicted molar refractivity (Wildman–Crippen MR) is 99.0 cm³/mol. The van der Waals surface area contributed by atoms with Gasteiger partial charge < -0.3 is 0 Å². The van der Waals surface area contributed by atoms with Crippen molar-refractivity contribution in [3.8, 4) is 22.4 Å². The van der Waals surface area contributed by atoms with Gasteiger partial charge in [0.05, 0.1) is 5.69 Å².